The van der Waals surface area contributed by atoms with Gasteiger partial charge in [-0.2, -0.15) is 0 Å². The van der Waals surface area contributed by atoms with Gasteiger partial charge in [0.15, 0.2) is 11.2 Å². The molecule has 128 valence electrons. The first-order valence-corrected chi connectivity index (χ1v) is 8.27. The van der Waals surface area contributed by atoms with Crippen LogP contribution in [0.3, 0.4) is 0 Å². The number of rotatable bonds is 5. The van der Waals surface area contributed by atoms with Gasteiger partial charge in [-0.25, -0.2) is 4.98 Å². The van der Waals surface area contributed by atoms with Gasteiger partial charge in [0.1, 0.15) is 5.75 Å². The summed E-state index contributed by atoms with van der Waals surface area (Å²) in [6, 6.07) is 3.77. The molecule has 7 nitrogen and oxygen atoms in total. The smallest absolute Gasteiger partial charge is 0.271 e. The minimum Gasteiger partial charge on any atom is -0.490 e. The van der Waals surface area contributed by atoms with Crippen LogP contribution in [0, 0.1) is 12.3 Å². The van der Waals surface area contributed by atoms with Gasteiger partial charge in [-0.1, -0.05) is 0 Å². The second-order valence-corrected chi connectivity index (χ2v) is 6.24. The molecule has 0 bridgehead atoms. The predicted octanol–water partition coefficient (Wildman–Crippen LogP) is 1.20. The number of aromatic nitrogens is 2. The summed E-state index contributed by atoms with van der Waals surface area (Å²) in [6.07, 6.45) is 4.79. The second-order valence-electron chi connectivity index (χ2n) is 6.24. The van der Waals surface area contributed by atoms with Gasteiger partial charge in [0, 0.05) is 19.2 Å². The highest BCUT2D eigenvalue weighted by Crippen LogP contribution is 2.29. The molecule has 1 heterocycles. The molecule has 1 aromatic heterocycles. The van der Waals surface area contributed by atoms with Crippen molar-refractivity contribution >= 4 is 16.9 Å². The lowest BCUT2D eigenvalue weighted by Crippen LogP contribution is -2.33. The van der Waals surface area contributed by atoms with Crippen LogP contribution in [0.4, 0.5) is 0 Å². The zero-order valence-electron chi connectivity index (χ0n) is 13.8. The molecular weight excluding hydrogens is 306 g/mol. The van der Waals surface area contributed by atoms with Crippen LogP contribution in [0.5, 0.6) is 5.75 Å². The molecule has 1 amide bonds. The summed E-state index contributed by atoms with van der Waals surface area (Å²) in [7, 11) is 0. The predicted molar refractivity (Wildman–Crippen MR) is 90.8 cm³/mol. The standard InChI is InChI=1S/C17H23N5O2/c1-10-8-12-13(9-14(10)24-11-4-2-3-5-11)22(7-6-18)16(19)15(21-12)17(20)23/h8-9,11,19H,2-7,18H2,1H3,(H2,20,23). The van der Waals surface area contributed by atoms with Crippen molar-refractivity contribution in [3.05, 3.63) is 28.9 Å². The quantitative estimate of drug-likeness (QED) is 0.763. The molecule has 0 radical (unpaired) electrons. The monoisotopic (exact) mass is 329 g/mol. The second kappa shape index (κ2) is 6.60. The van der Waals surface area contributed by atoms with E-state index in [4.69, 9.17) is 21.6 Å². The molecule has 7 heteroatoms. The summed E-state index contributed by atoms with van der Waals surface area (Å²) < 4.78 is 7.81. The fourth-order valence-corrected chi connectivity index (χ4v) is 3.24. The largest absolute Gasteiger partial charge is 0.490 e. The molecule has 5 N–H and O–H groups in total. The molecule has 1 aliphatic rings. The lowest BCUT2D eigenvalue weighted by Gasteiger charge is -2.18. The third kappa shape index (κ3) is 2.99. The Morgan fingerprint density at radius 1 is 1.42 bits per heavy atom. The molecule has 1 saturated carbocycles. The Hall–Kier alpha value is -2.41. The number of carbonyl (C=O) groups excluding carboxylic acids is 1. The molecule has 2 aromatic rings. The van der Waals surface area contributed by atoms with E-state index in [1.807, 2.05) is 19.1 Å². The first-order chi connectivity index (χ1) is 11.5. The SMILES string of the molecule is Cc1cc2nc(C(N)=O)c(=N)n(CCN)c2cc1OC1CCCC1. The molecule has 0 unspecified atom stereocenters. The minimum absolute atomic E-state index is 0.0175. The van der Waals surface area contributed by atoms with E-state index >= 15 is 0 Å². The number of ether oxygens (including phenoxy) is 1. The van der Waals surface area contributed by atoms with E-state index in [0.717, 1.165) is 29.7 Å². The number of amides is 1. The molecule has 0 aliphatic heterocycles. The summed E-state index contributed by atoms with van der Waals surface area (Å²) in [5.41, 5.74) is 13.3. The topological polar surface area (TPSA) is 120 Å². The molecule has 0 saturated heterocycles. The maximum Gasteiger partial charge on any atom is 0.271 e. The van der Waals surface area contributed by atoms with Gasteiger partial charge in [-0.15, -0.1) is 0 Å². The summed E-state index contributed by atoms with van der Waals surface area (Å²) in [6.45, 7) is 2.71. The molecule has 24 heavy (non-hydrogen) atoms. The van der Waals surface area contributed by atoms with Gasteiger partial charge in [0.25, 0.3) is 5.91 Å². The number of nitrogens with one attached hydrogen (secondary N) is 1. The Balaban J connectivity index is 2.16. The number of fused-ring (bicyclic) bond motifs is 1. The zero-order chi connectivity index (χ0) is 17.3. The van der Waals surface area contributed by atoms with Gasteiger partial charge >= 0.3 is 0 Å². The third-order valence-electron chi connectivity index (χ3n) is 4.47. The molecule has 3 rings (SSSR count). The highest BCUT2D eigenvalue weighted by atomic mass is 16.5. The van der Waals surface area contributed by atoms with Crippen LogP contribution in [0.2, 0.25) is 0 Å². The van der Waals surface area contributed by atoms with Crippen LogP contribution in [-0.2, 0) is 6.54 Å². The Kier molecular flexibility index (Phi) is 4.53. The van der Waals surface area contributed by atoms with Crippen LogP contribution in [0.25, 0.3) is 11.0 Å². The Morgan fingerprint density at radius 3 is 2.75 bits per heavy atom. The molecule has 1 aromatic carbocycles. The minimum atomic E-state index is -0.711. The highest BCUT2D eigenvalue weighted by Gasteiger charge is 2.19. The highest BCUT2D eigenvalue weighted by molar-refractivity contribution is 5.92. The normalized spacial score (nSPS) is 15.1. The van der Waals surface area contributed by atoms with Gasteiger partial charge in [-0.05, 0) is 44.2 Å². The maximum absolute atomic E-state index is 11.6. The van der Waals surface area contributed by atoms with Crippen molar-refractivity contribution in [2.24, 2.45) is 11.5 Å². The molecule has 0 spiro atoms. The first-order valence-electron chi connectivity index (χ1n) is 8.27. The van der Waals surface area contributed by atoms with Crippen molar-refractivity contribution in [1.82, 2.24) is 9.55 Å². The fraction of sp³-hybridized carbons (Fsp3) is 0.471. The van der Waals surface area contributed by atoms with Crippen LogP contribution < -0.4 is 21.7 Å². The summed E-state index contributed by atoms with van der Waals surface area (Å²) in [5.74, 6) is 0.0878. The average molecular weight is 329 g/mol. The fourth-order valence-electron chi connectivity index (χ4n) is 3.24. The van der Waals surface area contributed by atoms with Crippen LogP contribution in [0.15, 0.2) is 12.1 Å². The van der Waals surface area contributed by atoms with Gasteiger partial charge < -0.3 is 20.8 Å². The lowest BCUT2D eigenvalue weighted by molar-refractivity contribution is 0.0993. The van der Waals surface area contributed by atoms with E-state index in [-0.39, 0.29) is 17.3 Å². The van der Waals surface area contributed by atoms with Gasteiger partial charge in [-0.3, -0.25) is 10.2 Å². The lowest BCUT2D eigenvalue weighted by atomic mass is 10.1. The van der Waals surface area contributed by atoms with E-state index in [1.54, 1.807) is 4.57 Å². The van der Waals surface area contributed by atoms with Crippen molar-refractivity contribution < 1.29 is 9.53 Å². The van der Waals surface area contributed by atoms with Crippen molar-refractivity contribution in [2.75, 3.05) is 6.54 Å². The van der Waals surface area contributed by atoms with E-state index in [9.17, 15) is 4.79 Å². The number of hydrogen-bond acceptors (Lipinski definition) is 5. The van der Waals surface area contributed by atoms with E-state index < -0.39 is 5.91 Å². The Bertz CT molecular complexity index is 837. The van der Waals surface area contributed by atoms with Crippen molar-refractivity contribution in [3.63, 3.8) is 0 Å². The molecule has 1 fully saturated rings. The van der Waals surface area contributed by atoms with Crippen LogP contribution in [-0.4, -0.2) is 28.1 Å². The number of aryl methyl sites for hydroxylation is 1. The number of benzene rings is 1. The van der Waals surface area contributed by atoms with E-state index in [1.165, 1.54) is 12.8 Å². The Morgan fingerprint density at radius 2 is 2.12 bits per heavy atom. The molecule has 0 atom stereocenters. The van der Waals surface area contributed by atoms with E-state index in [0.29, 0.717) is 18.6 Å². The number of nitrogens with two attached hydrogens (primary N) is 2. The van der Waals surface area contributed by atoms with Crippen molar-refractivity contribution in [3.8, 4) is 5.75 Å². The van der Waals surface area contributed by atoms with Crippen molar-refractivity contribution in [2.45, 2.75) is 45.3 Å². The van der Waals surface area contributed by atoms with Crippen LogP contribution >= 0.6 is 0 Å². The first kappa shape index (κ1) is 16.4. The number of nitrogens with zero attached hydrogens (tertiary/aromatic N) is 2. The number of primary amides is 1. The average Bonchev–Trinajstić information content (AvgIpc) is 3.04. The molecular formula is C17H23N5O2. The number of hydrogen-bond donors (Lipinski definition) is 3. The summed E-state index contributed by atoms with van der Waals surface area (Å²) >= 11 is 0. The van der Waals surface area contributed by atoms with Gasteiger partial charge in [0.2, 0.25) is 0 Å². The van der Waals surface area contributed by atoms with E-state index in [2.05, 4.69) is 4.98 Å². The molecule has 1 aliphatic carbocycles. The van der Waals surface area contributed by atoms with Gasteiger partial charge in [0.05, 0.1) is 17.1 Å². The van der Waals surface area contributed by atoms with Crippen LogP contribution in [0.1, 0.15) is 41.7 Å². The third-order valence-corrected chi connectivity index (χ3v) is 4.47. The summed E-state index contributed by atoms with van der Waals surface area (Å²) in [4.78, 5) is 15.8. The summed E-state index contributed by atoms with van der Waals surface area (Å²) in [5, 5.41) is 8.21. The maximum atomic E-state index is 11.6. The Labute approximate surface area is 140 Å². The zero-order valence-corrected chi connectivity index (χ0v) is 13.8. The number of carbonyl (C=O) groups is 1. The van der Waals surface area contributed by atoms with Crippen molar-refractivity contribution in [1.29, 1.82) is 5.41 Å².